The van der Waals surface area contributed by atoms with Gasteiger partial charge in [0.25, 0.3) is 0 Å². The zero-order valence-electron chi connectivity index (χ0n) is 11.6. The van der Waals surface area contributed by atoms with Crippen LogP contribution in [0.2, 0.25) is 0 Å². The first-order valence-corrected chi connectivity index (χ1v) is 7.32. The Morgan fingerprint density at radius 3 is 2.55 bits per heavy atom. The largest absolute Gasteiger partial charge is 0.485 e. The molecule has 1 aromatic carbocycles. The first-order chi connectivity index (χ1) is 9.60. The van der Waals surface area contributed by atoms with Crippen LogP contribution in [0.5, 0.6) is 5.75 Å². The number of hydrogen-bond donors (Lipinski definition) is 1. The Morgan fingerprint density at radius 2 is 1.95 bits per heavy atom. The summed E-state index contributed by atoms with van der Waals surface area (Å²) in [4.78, 5) is 8.76. The van der Waals surface area contributed by atoms with Gasteiger partial charge in [0.1, 0.15) is 12.4 Å². The van der Waals surface area contributed by atoms with E-state index in [-0.39, 0.29) is 5.92 Å². The molecule has 1 aromatic heterocycles. The van der Waals surface area contributed by atoms with E-state index in [4.69, 9.17) is 10.5 Å². The number of hydrogen-bond acceptors (Lipinski definition) is 4. The summed E-state index contributed by atoms with van der Waals surface area (Å²) in [6, 6.07) is 7.99. The van der Waals surface area contributed by atoms with Gasteiger partial charge in [-0.3, -0.25) is 0 Å². The van der Waals surface area contributed by atoms with Gasteiger partial charge in [0, 0.05) is 16.9 Å². The number of nitrogens with two attached hydrogens (primary N) is 1. The third kappa shape index (κ3) is 3.77. The summed E-state index contributed by atoms with van der Waals surface area (Å²) in [5.74, 6) is 1.72. The Bertz CT molecular complexity index is 570. The SMILES string of the molecule is CC(C)c1ncc(OCc2ccc(Br)cc2)c(CN)n1. The molecule has 0 saturated carbocycles. The molecule has 2 rings (SSSR count). The van der Waals surface area contributed by atoms with E-state index >= 15 is 0 Å². The van der Waals surface area contributed by atoms with Crippen LogP contribution in [0.3, 0.4) is 0 Å². The van der Waals surface area contributed by atoms with Crippen molar-refractivity contribution in [1.82, 2.24) is 9.97 Å². The summed E-state index contributed by atoms with van der Waals surface area (Å²) in [5, 5.41) is 0. The van der Waals surface area contributed by atoms with Crippen molar-refractivity contribution in [2.24, 2.45) is 5.73 Å². The standard InChI is InChI=1S/C15H18BrN3O/c1-10(2)15-18-8-14(13(7-17)19-15)20-9-11-3-5-12(16)6-4-11/h3-6,8,10H,7,9,17H2,1-2H3. The molecule has 0 atom stereocenters. The van der Waals surface area contributed by atoms with Crippen molar-refractivity contribution in [2.75, 3.05) is 0 Å². The third-order valence-corrected chi connectivity index (χ3v) is 3.39. The van der Waals surface area contributed by atoms with E-state index in [1.54, 1.807) is 6.20 Å². The molecule has 0 unspecified atom stereocenters. The maximum atomic E-state index is 5.77. The molecule has 106 valence electrons. The molecule has 4 nitrogen and oxygen atoms in total. The van der Waals surface area contributed by atoms with Crippen LogP contribution in [-0.4, -0.2) is 9.97 Å². The summed E-state index contributed by atoms with van der Waals surface area (Å²) in [6.07, 6.45) is 1.71. The normalized spacial score (nSPS) is 10.8. The second kappa shape index (κ2) is 6.81. The topological polar surface area (TPSA) is 61.0 Å². The smallest absolute Gasteiger partial charge is 0.160 e. The summed E-state index contributed by atoms with van der Waals surface area (Å²) >= 11 is 3.41. The molecule has 0 fully saturated rings. The quantitative estimate of drug-likeness (QED) is 0.909. The van der Waals surface area contributed by atoms with Gasteiger partial charge in [-0.05, 0) is 17.7 Å². The minimum absolute atomic E-state index is 0.279. The van der Waals surface area contributed by atoms with Crippen LogP contribution < -0.4 is 10.5 Å². The van der Waals surface area contributed by atoms with Crippen LogP contribution in [-0.2, 0) is 13.2 Å². The highest BCUT2D eigenvalue weighted by molar-refractivity contribution is 9.10. The van der Waals surface area contributed by atoms with E-state index in [1.807, 2.05) is 24.3 Å². The third-order valence-electron chi connectivity index (χ3n) is 2.87. The lowest BCUT2D eigenvalue weighted by molar-refractivity contribution is 0.299. The highest BCUT2D eigenvalue weighted by atomic mass is 79.9. The van der Waals surface area contributed by atoms with Crippen LogP contribution in [0, 0.1) is 0 Å². The van der Waals surface area contributed by atoms with Crippen molar-refractivity contribution >= 4 is 15.9 Å². The van der Waals surface area contributed by atoms with Crippen LogP contribution in [0.1, 0.15) is 36.8 Å². The predicted octanol–water partition coefficient (Wildman–Crippen LogP) is 3.40. The number of ether oxygens (including phenoxy) is 1. The van der Waals surface area contributed by atoms with E-state index in [0.29, 0.717) is 18.9 Å². The highest BCUT2D eigenvalue weighted by Crippen LogP contribution is 2.19. The summed E-state index contributed by atoms with van der Waals surface area (Å²) in [7, 11) is 0. The van der Waals surface area contributed by atoms with Gasteiger partial charge in [0.15, 0.2) is 5.75 Å². The van der Waals surface area contributed by atoms with Crippen molar-refractivity contribution < 1.29 is 4.74 Å². The van der Waals surface area contributed by atoms with Gasteiger partial charge in [-0.1, -0.05) is 41.9 Å². The van der Waals surface area contributed by atoms with Crippen molar-refractivity contribution in [2.45, 2.75) is 32.9 Å². The fourth-order valence-electron chi connectivity index (χ4n) is 1.71. The minimum atomic E-state index is 0.279. The van der Waals surface area contributed by atoms with Gasteiger partial charge in [0.05, 0.1) is 11.9 Å². The van der Waals surface area contributed by atoms with Crippen molar-refractivity contribution in [3.63, 3.8) is 0 Å². The predicted molar refractivity (Wildman–Crippen MR) is 82.5 cm³/mol. The van der Waals surface area contributed by atoms with Gasteiger partial charge >= 0.3 is 0 Å². The molecular formula is C15H18BrN3O. The van der Waals surface area contributed by atoms with Crippen molar-refractivity contribution in [1.29, 1.82) is 0 Å². The number of halogens is 1. The molecule has 0 amide bonds. The molecule has 1 heterocycles. The molecule has 0 aliphatic rings. The molecule has 20 heavy (non-hydrogen) atoms. The van der Waals surface area contributed by atoms with E-state index in [2.05, 4.69) is 39.7 Å². The monoisotopic (exact) mass is 335 g/mol. The summed E-state index contributed by atoms with van der Waals surface area (Å²) < 4.78 is 6.82. The number of benzene rings is 1. The van der Waals surface area contributed by atoms with Gasteiger partial charge < -0.3 is 10.5 Å². The zero-order chi connectivity index (χ0) is 14.5. The molecule has 0 aliphatic heterocycles. The van der Waals surface area contributed by atoms with Crippen LogP contribution >= 0.6 is 15.9 Å². The first kappa shape index (κ1) is 14.9. The van der Waals surface area contributed by atoms with Gasteiger partial charge in [-0.15, -0.1) is 0 Å². The first-order valence-electron chi connectivity index (χ1n) is 6.53. The van der Waals surface area contributed by atoms with Crippen LogP contribution in [0.4, 0.5) is 0 Å². The molecule has 5 heteroatoms. The number of nitrogens with zero attached hydrogens (tertiary/aromatic N) is 2. The molecule has 0 spiro atoms. The molecule has 2 aromatic rings. The van der Waals surface area contributed by atoms with E-state index in [0.717, 1.165) is 21.6 Å². The molecule has 2 N–H and O–H groups in total. The van der Waals surface area contributed by atoms with Crippen molar-refractivity contribution in [3.8, 4) is 5.75 Å². The summed E-state index contributed by atoms with van der Waals surface area (Å²) in [6.45, 7) is 4.93. The summed E-state index contributed by atoms with van der Waals surface area (Å²) in [5.41, 5.74) is 7.57. The fraction of sp³-hybridized carbons (Fsp3) is 0.333. The molecule has 0 saturated heterocycles. The number of rotatable bonds is 5. The lowest BCUT2D eigenvalue weighted by Gasteiger charge is -2.12. The van der Waals surface area contributed by atoms with Gasteiger partial charge in [-0.2, -0.15) is 0 Å². The Hall–Kier alpha value is -1.46. The van der Waals surface area contributed by atoms with Crippen molar-refractivity contribution in [3.05, 3.63) is 52.0 Å². The lowest BCUT2D eigenvalue weighted by atomic mass is 10.2. The van der Waals surface area contributed by atoms with Crippen LogP contribution in [0.15, 0.2) is 34.9 Å². The molecule has 0 aliphatic carbocycles. The Morgan fingerprint density at radius 1 is 1.25 bits per heavy atom. The highest BCUT2D eigenvalue weighted by Gasteiger charge is 2.09. The second-order valence-electron chi connectivity index (χ2n) is 4.81. The van der Waals surface area contributed by atoms with E-state index < -0.39 is 0 Å². The van der Waals surface area contributed by atoms with Gasteiger partial charge in [-0.25, -0.2) is 9.97 Å². The second-order valence-corrected chi connectivity index (χ2v) is 5.73. The average molecular weight is 336 g/mol. The molecule has 0 radical (unpaired) electrons. The fourth-order valence-corrected chi connectivity index (χ4v) is 1.97. The lowest BCUT2D eigenvalue weighted by Crippen LogP contribution is -2.09. The van der Waals surface area contributed by atoms with Gasteiger partial charge in [0.2, 0.25) is 0 Å². The zero-order valence-corrected chi connectivity index (χ0v) is 13.2. The Kier molecular flexibility index (Phi) is 5.09. The van der Waals surface area contributed by atoms with E-state index in [9.17, 15) is 0 Å². The minimum Gasteiger partial charge on any atom is -0.485 e. The van der Waals surface area contributed by atoms with Crippen LogP contribution in [0.25, 0.3) is 0 Å². The Labute approximate surface area is 127 Å². The average Bonchev–Trinajstić information content (AvgIpc) is 2.46. The maximum absolute atomic E-state index is 5.77. The number of aromatic nitrogens is 2. The van der Waals surface area contributed by atoms with E-state index in [1.165, 1.54) is 0 Å². The maximum Gasteiger partial charge on any atom is 0.160 e. The molecule has 0 bridgehead atoms. The Balaban J connectivity index is 2.10. The molecular weight excluding hydrogens is 318 g/mol.